The number of carbonyl (C=O) groups is 2. The molecular formula is C26H27FN2O3. The number of methoxy groups -OCH3 is 1. The average molecular weight is 435 g/mol. The van der Waals surface area contributed by atoms with E-state index < -0.39 is 11.8 Å². The maximum Gasteiger partial charge on any atom is 0.254 e. The van der Waals surface area contributed by atoms with Crippen molar-refractivity contribution in [2.75, 3.05) is 12.4 Å². The van der Waals surface area contributed by atoms with Crippen molar-refractivity contribution in [2.24, 2.45) is 16.3 Å². The number of Topliss-reactive ketones (excluding diaryl/α,β-unsaturated/α-hetero) is 1. The van der Waals surface area contributed by atoms with Gasteiger partial charge in [-0.05, 0) is 48.6 Å². The number of amides is 1. The summed E-state index contributed by atoms with van der Waals surface area (Å²) in [6.07, 6.45) is 1.09. The van der Waals surface area contributed by atoms with Crippen molar-refractivity contribution in [3.8, 4) is 5.75 Å². The standard InChI is InChI=1S/C26H27FN2O3/c1-15-22(25(31)29-18-7-5-6-8-21(18)32-4)23(16-9-11-17(27)12-10-16)24-19(28-15)13-26(2,3)14-20(24)30/h5-12,23-24H,13-14H2,1-4H3,(H,29,31)/t23-,24+/m1/s1. The van der Waals surface area contributed by atoms with E-state index in [1.54, 1.807) is 37.3 Å². The molecule has 1 N–H and O–H groups in total. The van der Waals surface area contributed by atoms with Gasteiger partial charge in [0.2, 0.25) is 0 Å². The Labute approximate surface area is 187 Å². The van der Waals surface area contributed by atoms with Gasteiger partial charge in [-0.25, -0.2) is 4.39 Å². The van der Waals surface area contributed by atoms with E-state index >= 15 is 0 Å². The first-order valence-electron chi connectivity index (χ1n) is 10.7. The highest BCUT2D eigenvalue weighted by atomic mass is 19.1. The number of fused-ring (bicyclic) bond motifs is 1. The molecule has 0 aromatic heterocycles. The lowest BCUT2D eigenvalue weighted by Gasteiger charge is -2.41. The van der Waals surface area contributed by atoms with Gasteiger partial charge in [0.05, 0.1) is 18.7 Å². The minimum atomic E-state index is -0.532. The Kier molecular flexibility index (Phi) is 5.71. The van der Waals surface area contributed by atoms with Gasteiger partial charge in [-0.2, -0.15) is 0 Å². The fourth-order valence-corrected chi connectivity index (χ4v) is 4.86. The molecule has 6 heteroatoms. The Hall–Kier alpha value is -3.28. The van der Waals surface area contributed by atoms with Crippen molar-refractivity contribution in [1.29, 1.82) is 0 Å². The van der Waals surface area contributed by atoms with Crippen molar-refractivity contribution in [3.05, 3.63) is 71.2 Å². The van der Waals surface area contributed by atoms with Crippen LogP contribution in [0, 0.1) is 17.2 Å². The molecule has 0 spiro atoms. The lowest BCUT2D eigenvalue weighted by molar-refractivity contribution is -0.124. The van der Waals surface area contributed by atoms with Crippen molar-refractivity contribution in [1.82, 2.24) is 0 Å². The van der Waals surface area contributed by atoms with Crippen LogP contribution in [0.5, 0.6) is 5.75 Å². The van der Waals surface area contributed by atoms with Gasteiger partial charge in [0.1, 0.15) is 17.3 Å². The lowest BCUT2D eigenvalue weighted by atomic mass is 9.63. The first-order chi connectivity index (χ1) is 15.2. The molecule has 1 heterocycles. The molecule has 0 saturated heterocycles. The third kappa shape index (κ3) is 4.09. The number of ether oxygens (including phenoxy) is 1. The zero-order chi connectivity index (χ0) is 23.0. The molecule has 1 aliphatic heterocycles. The molecule has 1 saturated carbocycles. The van der Waals surface area contributed by atoms with Crippen molar-refractivity contribution >= 4 is 23.1 Å². The molecule has 4 rings (SSSR count). The highest BCUT2D eigenvalue weighted by Gasteiger charge is 2.47. The Bertz CT molecular complexity index is 1130. The zero-order valence-corrected chi connectivity index (χ0v) is 18.7. The van der Waals surface area contributed by atoms with Crippen molar-refractivity contribution in [3.63, 3.8) is 0 Å². The van der Waals surface area contributed by atoms with E-state index in [-0.39, 0.29) is 22.9 Å². The molecule has 2 atom stereocenters. The first kappa shape index (κ1) is 21.9. The predicted octanol–water partition coefficient (Wildman–Crippen LogP) is 5.29. The molecule has 2 aliphatic rings. The highest BCUT2D eigenvalue weighted by molar-refractivity contribution is 6.14. The van der Waals surface area contributed by atoms with Crippen LogP contribution in [0.25, 0.3) is 0 Å². The molecule has 0 radical (unpaired) electrons. The number of nitrogens with zero attached hydrogens (tertiary/aromatic N) is 1. The van der Waals surface area contributed by atoms with Crippen LogP contribution in [0.1, 0.15) is 45.1 Å². The van der Waals surface area contributed by atoms with E-state index in [1.165, 1.54) is 19.2 Å². The maximum atomic E-state index is 13.7. The summed E-state index contributed by atoms with van der Waals surface area (Å²) in [5.41, 5.74) is 2.86. The largest absolute Gasteiger partial charge is 0.495 e. The summed E-state index contributed by atoms with van der Waals surface area (Å²) in [7, 11) is 1.54. The Morgan fingerprint density at radius 3 is 2.47 bits per heavy atom. The normalized spacial score (nSPS) is 22.2. The second-order valence-electron chi connectivity index (χ2n) is 9.25. The summed E-state index contributed by atoms with van der Waals surface area (Å²) in [6.45, 7) is 5.90. The lowest BCUT2D eigenvalue weighted by Crippen LogP contribution is -2.44. The number of aliphatic imine (C=N–C) groups is 1. The average Bonchev–Trinajstić information content (AvgIpc) is 2.72. The SMILES string of the molecule is COc1ccccc1NC(=O)C1=C(C)N=C2CC(C)(C)CC(=O)[C@H]2[C@@H]1c1ccc(F)cc1. The molecule has 2 aromatic carbocycles. The van der Waals surface area contributed by atoms with Crippen LogP contribution in [-0.2, 0) is 9.59 Å². The van der Waals surface area contributed by atoms with E-state index in [0.29, 0.717) is 35.5 Å². The van der Waals surface area contributed by atoms with E-state index in [4.69, 9.17) is 9.73 Å². The maximum absolute atomic E-state index is 13.7. The van der Waals surface area contributed by atoms with E-state index in [1.807, 2.05) is 6.07 Å². The van der Waals surface area contributed by atoms with Crippen LogP contribution in [0.2, 0.25) is 0 Å². The summed E-state index contributed by atoms with van der Waals surface area (Å²) in [5, 5.41) is 2.92. The molecule has 0 unspecified atom stereocenters. The van der Waals surface area contributed by atoms with Crippen LogP contribution in [0.15, 0.2) is 64.8 Å². The topological polar surface area (TPSA) is 67.8 Å². The molecule has 1 fully saturated rings. The minimum Gasteiger partial charge on any atom is -0.495 e. The van der Waals surface area contributed by atoms with Gasteiger partial charge in [-0.1, -0.05) is 38.1 Å². The predicted molar refractivity (Wildman–Crippen MR) is 122 cm³/mol. The molecule has 0 bridgehead atoms. The highest BCUT2D eigenvalue weighted by Crippen LogP contribution is 2.47. The number of halogens is 1. The first-order valence-corrected chi connectivity index (χ1v) is 10.7. The van der Waals surface area contributed by atoms with Gasteiger partial charge in [-0.3, -0.25) is 14.6 Å². The second kappa shape index (κ2) is 8.34. The van der Waals surface area contributed by atoms with Crippen LogP contribution < -0.4 is 10.1 Å². The molecule has 1 aliphatic carbocycles. The van der Waals surface area contributed by atoms with Crippen molar-refractivity contribution in [2.45, 2.75) is 39.5 Å². The monoisotopic (exact) mass is 434 g/mol. The summed E-state index contributed by atoms with van der Waals surface area (Å²) < 4.78 is 19.0. The quantitative estimate of drug-likeness (QED) is 0.711. The van der Waals surface area contributed by atoms with Gasteiger partial charge >= 0.3 is 0 Å². The van der Waals surface area contributed by atoms with Crippen LogP contribution in [0.3, 0.4) is 0 Å². The van der Waals surface area contributed by atoms with Crippen LogP contribution >= 0.6 is 0 Å². The number of para-hydroxylation sites is 2. The van der Waals surface area contributed by atoms with Crippen LogP contribution in [0.4, 0.5) is 10.1 Å². The van der Waals surface area contributed by atoms with E-state index in [0.717, 1.165) is 11.3 Å². The number of hydrogen-bond acceptors (Lipinski definition) is 4. The summed E-state index contributed by atoms with van der Waals surface area (Å²) in [6, 6.07) is 13.2. The van der Waals surface area contributed by atoms with Gasteiger partial charge in [0.15, 0.2) is 0 Å². The number of nitrogens with one attached hydrogen (secondary N) is 1. The third-order valence-corrected chi connectivity index (χ3v) is 6.19. The van der Waals surface area contributed by atoms with Gasteiger partial charge in [0.25, 0.3) is 5.91 Å². The molecule has 5 nitrogen and oxygen atoms in total. The molecule has 32 heavy (non-hydrogen) atoms. The molecule has 166 valence electrons. The van der Waals surface area contributed by atoms with Gasteiger partial charge in [-0.15, -0.1) is 0 Å². The fraction of sp³-hybridized carbons (Fsp3) is 0.346. The number of rotatable bonds is 4. The minimum absolute atomic E-state index is 0.0596. The summed E-state index contributed by atoms with van der Waals surface area (Å²) in [5.74, 6) is -1.17. The Balaban J connectivity index is 1.81. The summed E-state index contributed by atoms with van der Waals surface area (Å²) >= 11 is 0. The van der Waals surface area contributed by atoms with Gasteiger partial charge < -0.3 is 10.1 Å². The number of benzene rings is 2. The van der Waals surface area contributed by atoms with E-state index in [9.17, 15) is 14.0 Å². The Morgan fingerprint density at radius 1 is 1.09 bits per heavy atom. The number of ketones is 1. The van der Waals surface area contributed by atoms with E-state index in [2.05, 4.69) is 19.2 Å². The van der Waals surface area contributed by atoms with Crippen LogP contribution in [-0.4, -0.2) is 24.5 Å². The number of hydrogen-bond donors (Lipinski definition) is 1. The molecule has 2 aromatic rings. The number of carbonyl (C=O) groups excluding carboxylic acids is 2. The number of anilines is 1. The van der Waals surface area contributed by atoms with Crippen molar-refractivity contribution < 1.29 is 18.7 Å². The molecular weight excluding hydrogens is 407 g/mol. The molecule has 1 amide bonds. The number of allylic oxidation sites excluding steroid dienone is 1. The zero-order valence-electron chi connectivity index (χ0n) is 18.7. The van der Waals surface area contributed by atoms with Gasteiger partial charge in [0, 0.05) is 29.3 Å². The fourth-order valence-electron chi connectivity index (χ4n) is 4.86. The summed E-state index contributed by atoms with van der Waals surface area (Å²) in [4.78, 5) is 31.6. The second-order valence-corrected chi connectivity index (χ2v) is 9.25. The smallest absolute Gasteiger partial charge is 0.254 e. The Morgan fingerprint density at radius 2 is 1.78 bits per heavy atom. The third-order valence-electron chi connectivity index (χ3n) is 6.19.